The predicted octanol–water partition coefficient (Wildman–Crippen LogP) is 2.21. The molecule has 1 aliphatic rings. The van der Waals surface area contributed by atoms with Gasteiger partial charge in [-0.05, 0) is 38.5 Å². The molecule has 1 saturated heterocycles. The highest BCUT2D eigenvalue weighted by Gasteiger charge is 2.22. The van der Waals surface area contributed by atoms with Crippen LogP contribution < -0.4 is 10.2 Å². The number of hydrogen-bond acceptors (Lipinski definition) is 5. The largest absolute Gasteiger partial charge is 0.396 e. The summed E-state index contributed by atoms with van der Waals surface area (Å²) in [5, 5.41) is 12.5. The summed E-state index contributed by atoms with van der Waals surface area (Å²) >= 11 is 0. The van der Waals surface area contributed by atoms with Gasteiger partial charge in [-0.1, -0.05) is 6.92 Å². The van der Waals surface area contributed by atoms with Gasteiger partial charge in [-0.25, -0.2) is 9.97 Å². The number of anilines is 2. The van der Waals surface area contributed by atoms with E-state index in [4.69, 9.17) is 5.11 Å². The van der Waals surface area contributed by atoms with E-state index in [0.29, 0.717) is 5.92 Å². The van der Waals surface area contributed by atoms with Crippen LogP contribution in [0.5, 0.6) is 0 Å². The average Bonchev–Trinajstić information content (AvgIpc) is 2.47. The van der Waals surface area contributed by atoms with Crippen molar-refractivity contribution in [3.63, 3.8) is 0 Å². The van der Waals surface area contributed by atoms with E-state index in [-0.39, 0.29) is 6.61 Å². The van der Waals surface area contributed by atoms with Crippen LogP contribution in [0.15, 0.2) is 6.33 Å². The summed E-state index contributed by atoms with van der Waals surface area (Å²) in [6.07, 6.45) is 6.01. The fourth-order valence-corrected chi connectivity index (χ4v) is 2.86. The molecule has 1 atom stereocenters. The first kappa shape index (κ1) is 15.0. The molecular formula is C15H26N4O. The Morgan fingerprint density at radius 1 is 1.45 bits per heavy atom. The number of aromatic nitrogens is 2. The maximum atomic E-state index is 9.12. The molecule has 20 heavy (non-hydrogen) atoms. The minimum Gasteiger partial charge on any atom is -0.396 e. The van der Waals surface area contributed by atoms with Crippen LogP contribution in [0.3, 0.4) is 0 Å². The van der Waals surface area contributed by atoms with Crippen molar-refractivity contribution in [3.05, 3.63) is 11.9 Å². The van der Waals surface area contributed by atoms with Crippen molar-refractivity contribution < 1.29 is 5.11 Å². The molecule has 0 aliphatic carbocycles. The number of rotatable bonds is 6. The second-order valence-electron chi connectivity index (χ2n) is 5.56. The molecule has 0 bridgehead atoms. The van der Waals surface area contributed by atoms with Crippen molar-refractivity contribution in [2.24, 2.45) is 5.92 Å². The summed E-state index contributed by atoms with van der Waals surface area (Å²) in [5.74, 6) is 2.57. The fourth-order valence-electron chi connectivity index (χ4n) is 2.86. The molecule has 1 aromatic heterocycles. The van der Waals surface area contributed by atoms with Crippen LogP contribution in [0.4, 0.5) is 11.6 Å². The lowest BCUT2D eigenvalue weighted by molar-refractivity contribution is 0.244. The lowest BCUT2D eigenvalue weighted by Crippen LogP contribution is -2.37. The normalized spacial score (nSPS) is 19.1. The topological polar surface area (TPSA) is 61.3 Å². The molecule has 1 aromatic rings. The Bertz CT molecular complexity index is 422. The molecular weight excluding hydrogens is 252 g/mol. The zero-order valence-corrected chi connectivity index (χ0v) is 12.6. The Morgan fingerprint density at radius 3 is 3.05 bits per heavy atom. The van der Waals surface area contributed by atoms with E-state index < -0.39 is 0 Å². The highest BCUT2D eigenvalue weighted by atomic mass is 16.3. The highest BCUT2D eigenvalue weighted by molar-refractivity contribution is 5.58. The van der Waals surface area contributed by atoms with Crippen LogP contribution in [-0.2, 0) is 0 Å². The number of aliphatic hydroxyl groups excluding tert-OH is 1. The van der Waals surface area contributed by atoms with Crippen molar-refractivity contribution in [3.8, 4) is 0 Å². The number of hydrogen-bond donors (Lipinski definition) is 2. The van der Waals surface area contributed by atoms with E-state index in [1.54, 1.807) is 6.33 Å². The van der Waals surface area contributed by atoms with Gasteiger partial charge < -0.3 is 15.3 Å². The lowest BCUT2D eigenvalue weighted by atomic mass is 9.95. The molecule has 0 spiro atoms. The van der Waals surface area contributed by atoms with Gasteiger partial charge in [0.15, 0.2) is 0 Å². The third-order valence-corrected chi connectivity index (χ3v) is 3.96. The third kappa shape index (κ3) is 3.60. The number of nitrogens with one attached hydrogen (secondary N) is 1. The molecule has 5 heteroatoms. The first-order chi connectivity index (χ1) is 9.76. The minimum atomic E-state index is 0.282. The third-order valence-electron chi connectivity index (χ3n) is 3.96. The summed E-state index contributed by atoms with van der Waals surface area (Å²) in [7, 11) is 0. The number of piperidine rings is 1. The molecule has 0 saturated carbocycles. The zero-order valence-electron chi connectivity index (χ0n) is 12.6. The monoisotopic (exact) mass is 278 g/mol. The van der Waals surface area contributed by atoms with Gasteiger partial charge in [-0.3, -0.25) is 0 Å². The van der Waals surface area contributed by atoms with E-state index in [1.165, 1.54) is 12.8 Å². The maximum Gasteiger partial charge on any atom is 0.137 e. The van der Waals surface area contributed by atoms with Crippen LogP contribution >= 0.6 is 0 Å². The summed E-state index contributed by atoms with van der Waals surface area (Å²) < 4.78 is 0. The first-order valence-corrected chi connectivity index (χ1v) is 7.67. The van der Waals surface area contributed by atoms with Gasteiger partial charge in [0.05, 0.1) is 0 Å². The highest BCUT2D eigenvalue weighted by Crippen LogP contribution is 2.27. The van der Waals surface area contributed by atoms with E-state index in [2.05, 4.69) is 34.0 Å². The SMILES string of the molecule is CCCNc1ncnc(N2CCCC(CCO)C2)c1C. The van der Waals surface area contributed by atoms with E-state index >= 15 is 0 Å². The minimum absolute atomic E-state index is 0.282. The summed E-state index contributed by atoms with van der Waals surface area (Å²) in [6.45, 7) is 7.49. The van der Waals surface area contributed by atoms with Gasteiger partial charge in [-0.15, -0.1) is 0 Å². The average molecular weight is 278 g/mol. The number of nitrogens with zero attached hydrogens (tertiary/aromatic N) is 3. The van der Waals surface area contributed by atoms with Crippen molar-refractivity contribution in [2.45, 2.75) is 39.5 Å². The van der Waals surface area contributed by atoms with Crippen LogP contribution in [-0.4, -0.2) is 41.3 Å². The molecule has 0 aromatic carbocycles. The van der Waals surface area contributed by atoms with Crippen molar-refractivity contribution in [2.75, 3.05) is 36.5 Å². The van der Waals surface area contributed by atoms with Crippen molar-refractivity contribution >= 4 is 11.6 Å². The van der Waals surface area contributed by atoms with Crippen LogP contribution in [0.25, 0.3) is 0 Å². The van der Waals surface area contributed by atoms with Crippen molar-refractivity contribution in [1.29, 1.82) is 0 Å². The lowest BCUT2D eigenvalue weighted by Gasteiger charge is -2.34. The molecule has 2 rings (SSSR count). The molecule has 2 heterocycles. The van der Waals surface area contributed by atoms with Gasteiger partial charge in [0.2, 0.25) is 0 Å². The Balaban J connectivity index is 2.11. The quantitative estimate of drug-likeness (QED) is 0.835. The first-order valence-electron chi connectivity index (χ1n) is 7.67. The zero-order chi connectivity index (χ0) is 14.4. The van der Waals surface area contributed by atoms with Crippen LogP contribution in [0, 0.1) is 12.8 Å². The smallest absolute Gasteiger partial charge is 0.137 e. The Kier molecular flexibility index (Phi) is 5.59. The Hall–Kier alpha value is -1.36. The van der Waals surface area contributed by atoms with E-state index in [1.807, 2.05) is 0 Å². The van der Waals surface area contributed by atoms with Gasteiger partial charge in [-0.2, -0.15) is 0 Å². The molecule has 1 unspecified atom stereocenters. The van der Waals surface area contributed by atoms with Crippen LogP contribution in [0.1, 0.15) is 38.2 Å². The molecule has 112 valence electrons. The Labute approximate surface area is 121 Å². The summed E-state index contributed by atoms with van der Waals surface area (Å²) in [5.41, 5.74) is 1.13. The van der Waals surface area contributed by atoms with Gasteiger partial charge >= 0.3 is 0 Å². The van der Waals surface area contributed by atoms with Gasteiger partial charge in [0, 0.05) is 31.8 Å². The van der Waals surface area contributed by atoms with E-state index in [0.717, 1.165) is 49.7 Å². The molecule has 0 amide bonds. The standard InChI is InChI=1S/C15H26N4O/c1-3-7-16-14-12(2)15(18-11-17-14)19-8-4-5-13(10-19)6-9-20/h11,13,20H,3-10H2,1-2H3,(H,16,17,18). The predicted molar refractivity (Wildman–Crippen MR) is 82.2 cm³/mol. The van der Waals surface area contributed by atoms with E-state index in [9.17, 15) is 0 Å². The molecule has 1 aliphatic heterocycles. The van der Waals surface area contributed by atoms with Crippen molar-refractivity contribution in [1.82, 2.24) is 9.97 Å². The molecule has 5 nitrogen and oxygen atoms in total. The number of aliphatic hydroxyl groups is 1. The van der Waals surface area contributed by atoms with Gasteiger partial charge in [0.1, 0.15) is 18.0 Å². The maximum absolute atomic E-state index is 9.12. The van der Waals surface area contributed by atoms with Crippen LogP contribution in [0.2, 0.25) is 0 Å². The molecule has 2 N–H and O–H groups in total. The summed E-state index contributed by atoms with van der Waals surface area (Å²) in [4.78, 5) is 11.2. The fraction of sp³-hybridized carbons (Fsp3) is 0.733. The molecule has 1 fully saturated rings. The Morgan fingerprint density at radius 2 is 2.30 bits per heavy atom. The van der Waals surface area contributed by atoms with Gasteiger partial charge in [0.25, 0.3) is 0 Å². The second-order valence-corrected chi connectivity index (χ2v) is 5.56. The second kappa shape index (κ2) is 7.43. The molecule has 0 radical (unpaired) electrons. The summed E-state index contributed by atoms with van der Waals surface area (Å²) in [6, 6.07) is 0.